The van der Waals surface area contributed by atoms with Crippen LogP contribution >= 0.6 is 0 Å². The van der Waals surface area contributed by atoms with Crippen molar-refractivity contribution in [1.82, 2.24) is 5.32 Å². The highest BCUT2D eigenvalue weighted by Gasteiger charge is 2.69. The molecule has 0 aromatic heterocycles. The first-order valence-electron chi connectivity index (χ1n) is 3.06. The Bertz CT molecular complexity index is 159. The van der Waals surface area contributed by atoms with Gasteiger partial charge < -0.3 is 10.4 Å². The van der Waals surface area contributed by atoms with E-state index in [1.165, 1.54) is 0 Å². The molecule has 0 aliphatic rings. The molecule has 0 aliphatic carbocycles. The van der Waals surface area contributed by atoms with E-state index in [1.807, 2.05) is 0 Å². The van der Waals surface area contributed by atoms with E-state index in [0.717, 1.165) is 7.05 Å². The minimum absolute atomic E-state index is 0.877. The molecule has 0 saturated heterocycles. The van der Waals surface area contributed by atoms with Crippen molar-refractivity contribution >= 4 is 0 Å². The Hall–Kier alpha value is -0.500. The second kappa shape index (κ2) is 3.33. The number of halogens is 6. The summed E-state index contributed by atoms with van der Waals surface area (Å²) in [7, 11) is 0.877. The first-order valence-corrected chi connectivity index (χ1v) is 3.06. The molecule has 0 amide bonds. The summed E-state index contributed by atoms with van der Waals surface area (Å²) in [6, 6.07) is 0. The van der Waals surface area contributed by atoms with Crippen LogP contribution in [0.5, 0.6) is 0 Å². The first-order chi connectivity index (χ1) is 5.56. The van der Waals surface area contributed by atoms with Crippen LogP contribution in [0, 0.1) is 0 Å². The van der Waals surface area contributed by atoms with Gasteiger partial charge in [-0.3, -0.25) is 0 Å². The van der Waals surface area contributed by atoms with Crippen LogP contribution in [0.3, 0.4) is 0 Å². The zero-order valence-corrected chi connectivity index (χ0v) is 6.42. The van der Waals surface area contributed by atoms with Gasteiger partial charge in [0.15, 0.2) is 0 Å². The molecule has 0 atom stereocenters. The Morgan fingerprint density at radius 1 is 1.00 bits per heavy atom. The average Bonchev–Trinajstić information content (AvgIpc) is 1.82. The molecule has 0 heterocycles. The number of alkyl halides is 6. The van der Waals surface area contributed by atoms with Gasteiger partial charge >= 0.3 is 12.4 Å². The van der Waals surface area contributed by atoms with Crippen molar-refractivity contribution in [2.75, 3.05) is 13.6 Å². The summed E-state index contributed by atoms with van der Waals surface area (Å²) in [6.45, 7) is -1.62. The third-order valence-corrected chi connectivity index (χ3v) is 1.37. The fourth-order valence-electron chi connectivity index (χ4n) is 0.617. The molecule has 0 radical (unpaired) electrons. The van der Waals surface area contributed by atoms with Crippen molar-refractivity contribution in [3.8, 4) is 0 Å². The molecule has 8 heteroatoms. The Morgan fingerprint density at radius 2 is 1.31 bits per heavy atom. The topological polar surface area (TPSA) is 32.3 Å². The first kappa shape index (κ1) is 12.5. The minimum Gasteiger partial charge on any atom is -0.373 e. The third-order valence-electron chi connectivity index (χ3n) is 1.37. The molecule has 0 rings (SSSR count). The summed E-state index contributed by atoms with van der Waals surface area (Å²) in [5.74, 6) is 0. The molecule has 0 spiro atoms. The van der Waals surface area contributed by atoms with Crippen molar-refractivity contribution in [1.29, 1.82) is 0 Å². The van der Waals surface area contributed by atoms with Crippen LogP contribution in [0.1, 0.15) is 0 Å². The van der Waals surface area contributed by atoms with Crippen molar-refractivity contribution in [3.63, 3.8) is 0 Å². The third kappa shape index (κ3) is 2.25. The smallest absolute Gasteiger partial charge is 0.373 e. The van der Waals surface area contributed by atoms with Crippen molar-refractivity contribution in [2.45, 2.75) is 18.0 Å². The van der Waals surface area contributed by atoms with Crippen LogP contribution in [-0.2, 0) is 0 Å². The molecule has 0 aromatic rings. The van der Waals surface area contributed by atoms with Crippen molar-refractivity contribution in [2.24, 2.45) is 0 Å². The lowest BCUT2D eigenvalue weighted by Gasteiger charge is -2.31. The molecule has 0 aromatic carbocycles. The van der Waals surface area contributed by atoms with Gasteiger partial charge in [-0.15, -0.1) is 0 Å². The van der Waals surface area contributed by atoms with E-state index in [-0.39, 0.29) is 0 Å². The van der Waals surface area contributed by atoms with E-state index < -0.39 is 24.5 Å². The lowest BCUT2D eigenvalue weighted by atomic mass is 10.0. The molecule has 0 fully saturated rings. The maximum atomic E-state index is 11.8. The molecule has 0 bridgehead atoms. The van der Waals surface area contributed by atoms with Crippen LogP contribution in [0.4, 0.5) is 26.3 Å². The van der Waals surface area contributed by atoms with Crippen LogP contribution in [0.2, 0.25) is 0 Å². The monoisotopic (exact) mass is 211 g/mol. The zero-order valence-electron chi connectivity index (χ0n) is 6.42. The van der Waals surface area contributed by atoms with E-state index in [9.17, 15) is 26.3 Å². The predicted octanol–water partition coefficient (Wildman–Crippen LogP) is 1.06. The van der Waals surface area contributed by atoms with E-state index in [1.54, 1.807) is 5.32 Å². The van der Waals surface area contributed by atoms with Gasteiger partial charge in [-0.2, -0.15) is 26.3 Å². The summed E-state index contributed by atoms with van der Waals surface area (Å²) >= 11 is 0. The van der Waals surface area contributed by atoms with E-state index in [4.69, 9.17) is 5.11 Å². The Morgan fingerprint density at radius 3 is 1.38 bits per heavy atom. The van der Waals surface area contributed by atoms with Gasteiger partial charge in [-0.1, -0.05) is 0 Å². The van der Waals surface area contributed by atoms with Crippen LogP contribution in [0.25, 0.3) is 0 Å². The highest BCUT2D eigenvalue weighted by molar-refractivity contribution is 4.95. The zero-order chi connectivity index (χ0) is 10.9. The number of hydrogen-bond acceptors (Lipinski definition) is 2. The van der Waals surface area contributed by atoms with Crippen LogP contribution < -0.4 is 5.32 Å². The highest BCUT2D eigenvalue weighted by Crippen LogP contribution is 2.42. The summed E-state index contributed by atoms with van der Waals surface area (Å²) in [5.41, 5.74) is -4.69. The maximum Gasteiger partial charge on any atom is 0.427 e. The summed E-state index contributed by atoms with van der Waals surface area (Å²) < 4.78 is 70.7. The Balaban J connectivity index is 4.96. The standard InChI is InChI=1S/C5H7F6NO/c1-12-2-3(13,4(6,7)8)5(9,10)11/h12-13H,2H2,1H3. The lowest BCUT2D eigenvalue weighted by molar-refractivity contribution is -0.365. The van der Waals surface area contributed by atoms with Gasteiger partial charge in [0.1, 0.15) is 0 Å². The largest absolute Gasteiger partial charge is 0.427 e. The Labute approximate surface area is 69.5 Å². The van der Waals surface area contributed by atoms with Gasteiger partial charge in [0.25, 0.3) is 5.60 Å². The number of nitrogens with one attached hydrogen (secondary N) is 1. The molecule has 2 N–H and O–H groups in total. The quantitative estimate of drug-likeness (QED) is 0.669. The summed E-state index contributed by atoms with van der Waals surface area (Å²) in [6.07, 6.45) is -11.5. The van der Waals surface area contributed by atoms with Gasteiger partial charge in [-0.05, 0) is 7.05 Å². The minimum atomic E-state index is -5.74. The normalized spacial score (nSPS) is 14.8. The molecule has 80 valence electrons. The summed E-state index contributed by atoms with van der Waals surface area (Å²) in [4.78, 5) is 0. The molecule has 2 nitrogen and oxygen atoms in total. The maximum absolute atomic E-state index is 11.8. The van der Waals surface area contributed by atoms with E-state index in [0.29, 0.717) is 0 Å². The predicted molar refractivity (Wildman–Crippen MR) is 31.0 cm³/mol. The fraction of sp³-hybridized carbons (Fsp3) is 1.00. The van der Waals surface area contributed by atoms with E-state index in [2.05, 4.69) is 0 Å². The average molecular weight is 211 g/mol. The van der Waals surface area contributed by atoms with Crippen molar-refractivity contribution in [3.05, 3.63) is 0 Å². The SMILES string of the molecule is CNCC(O)(C(F)(F)F)C(F)(F)F. The number of likely N-dealkylation sites (N-methyl/N-ethyl adjacent to an activating group) is 1. The molecule has 13 heavy (non-hydrogen) atoms. The second-order valence-corrected chi connectivity index (χ2v) is 2.39. The molecule has 0 aliphatic heterocycles. The fourth-order valence-corrected chi connectivity index (χ4v) is 0.617. The number of aliphatic hydroxyl groups is 1. The van der Waals surface area contributed by atoms with Gasteiger partial charge in [0, 0.05) is 6.54 Å². The molecular weight excluding hydrogens is 204 g/mol. The number of hydrogen-bond donors (Lipinski definition) is 2. The molecule has 0 saturated carbocycles. The second-order valence-electron chi connectivity index (χ2n) is 2.39. The Kier molecular flexibility index (Phi) is 3.21. The van der Waals surface area contributed by atoms with Crippen LogP contribution in [-0.4, -0.2) is 36.7 Å². The van der Waals surface area contributed by atoms with E-state index >= 15 is 0 Å². The highest BCUT2D eigenvalue weighted by atomic mass is 19.4. The number of rotatable bonds is 2. The summed E-state index contributed by atoms with van der Waals surface area (Å²) in [5, 5.41) is 10.0. The molecular formula is C5H7F6NO. The van der Waals surface area contributed by atoms with Gasteiger partial charge in [-0.25, -0.2) is 0 Å². The van der Waals surface area contributed by atoms with Gasteiger partial charge in [0.2, 0.25) is 0 Å². The van der Waals surface area contributed by atoms with Crippen molar-refractivity contribution < 1.29 is 31.4 Å². The lowest BCUT2D eigenvalue weighted by Crippen LogP contribution is -2.61. The van der Waals surface area contributed by atoms with Gasteiger partial charge in [0.05, 0.1) is 0 Å². The molecule has 0 unspecified atom stereocenters. The van der Waals surface area contributed by atoms with Crippen LogP contribution in [0.15, 0.2) is 0 Å².